The molecule has 6 nitrogen and oxygen atoms in total. The number of esters is 2. The van der Waals surface area contributed by atoms with Crippen molar-refractivity contribution < 1.29 is 20.5 Å². The molecule has 18 heavy (non-hydrogen) atoms. The largest absolute Gasteiger partial charge is 1.00 e. The Labute approximate surface area is 104 Å². The van der Waals surface area contributed by atoms with Crippen LogP contribution in [0.25, 0.3) is 0 Å². The molecule has 0 aliphatic carbocycles. The van der Waals surface area contributed by atoms with Gasteiger partial charge in [-0.3, -0.25) is 5.10 Å². The van der Waals surface area contributed by atoms with E-state index >= 15 is 0 Å². The molecule has 1 heterocycles. The van der Waals surface area contributed by atoms with Crippen molar-refractivity contribution in [1.29, 1.82) is 0 Å². The van der Waals surface area contributed by atoms with Crippen LogP contribution >= 0.6 is 0 Å². The van der Waals surface area contributed by atoms with Gasteiger partial charge in [0.1, 0.15) is 0 Å². The third-order valence-electron chi connectivity index (χ3n) is 2.19. The summed E-state index contributed by atoms with van der Waals surface area (Å²) < 4.78 is 9.54. The fourth-order valence-corrected chi connectivity index (χ4v) is 1.35. The minimum atomic E-state index is -0.590. The first-order chi connectivity index (χ1) is 8.70. The van der Waals surface area contributed by atoms with Crippen LogP contribution in [0.3, 0.4) is 0 Å². The number of rotatable bonds is 3. The molecule has 0 radical (unpaired) electrons. The molecule has 0 atom stereocenters. The Morgan fingerprint density at radius 3 is 2.56 bits per heavy atom. The molecule has 1 aromatic heterocycles. The number of nitrogens with zero attached hydrogens (tertiary/aromatic N) is 1. The van der Waals surface area contributed by atoms with Crippen molar-refractivity contribution >= 4 is 11.9 Å². The van der Waals surface area contributed by atoms with E-state index in [0.29, 0.717) is 0 Å². The molecule has 0 amide bonds. The van der Waals surface area contributed by atoms with Gasteiger partial charge < -0.3 is 9.47 Å². The predicted octanol–water partition coefficient (Wildman–Crippen LogP) is 1.53. The summed E-state index contributed by atoms with van der Waals surface area (Å²) in [5.41, 5.74) is 0.537. The van der Waals surface area contributed by atoms with Crippen LogP contribution in [-0.4, -0.2) is 29.2 Å². The molecule has 0 aliphatic rings. The monoisotopic (exact) mass is 247 g/mol. The van der Waals surface area contributed by atoms with Crippen molar-refractivity contribution in [1.82, 2.24) is 10.2 Å². The van der Waals surface area contributed by atoms with Gasteiger partial charge >= 0.3 is 13.4 Å². The van der Waals surface area contributed by atoms with E-state index in [1.54, 1.807) is 18.2 Å². The number of methoxy groups -OCH3 is 1. The summed E-state index contributed by atoms with van der Waals surface area (Å²) in [6.45, 7) is 0. The summed E-state index contributed by atoms with van der Waals surface area (Å²) in [6, 6.07) is 7.59. The van der Waals surface area contributed by atoms with Crippen molar-refractivity contribution in [3.8, 4) is 5.88 Å². The number of H-pyrrole nitrogens is 1. The zero-order chi connectivity index (χ0) is 13.0. The van der Waals surface area contributed by atoms with Gasteiger partial charge in [0.25, 0.3) is 0 Å². The molecule has 1 N–H and O–H groups in total. The SMILES string of the molecule is COC(=O)c1cccc(C(=O)Oc2cc[nH]n2)c1.[H+]. The third-order valence-corrected chi connectivity index (χ3v) is 2.19. The maximum atomic E-state index is 11.7. The van der Waals surface area contributed by atoms with Gasteiger partial charge in [-0.15, -0.1) is 5.10 Å². The normalized spacial score (nSPS) is 9.83. The molecule has 6 heteroatoms. The highest BCUT2D eigenvalue weighted by Crippen LogP contribution is 2.10. The molecule has 2 aromatic rings. The lowest BCUT2D eigenvalue weighted by molar-refractivity contribution is 0.0600. The van der Waals surface area contributed by atoms with Gasteiger partial charge in [-0.1, -0.05) is 6.07 Å². The molecular weight excluding hydrogens is 236 g/mol. The molecule has 92 valence electrons. The Morgan fingerprint density at radius 1 is 1.22 bits per heavy atom. The maximum Gasteiger partial charge on any atom is 1.00 e. The first kappa shape index (κ1) is 11.8. The Kier molecular flexibility index (Phi) is 3.38. The molecule has 0 saturated carbocycles. The summed E-state index contributed by atoms with van der Waals surface area (Å²) in [5.74, 6) is -0.930. The second-order valence-electron chi connectivity index (χ2n) is 3.37. The van der Waals surface area contributed by atoms with Gasteiger partial charge in [0, 0.05) is 12.3 Å². The molecule has 2 rings (SSSR count). The van der Waals surface area contributed by atoms with Gasteiger partial charge in [0.05, 0.1) is 18.2 Å². The Bertz CT molecular complexity index is 569. The molecule has 0 bridgehead atoms. The zero-order valence-corrected chi connectivity index (χ0v) is 9.54. The number of hydrogen-bond donors (Lipinski definition) is 1. The number of nitrogens with one attached hydrogen (secondary N) is 1. The highest BCUT2D eigenvalue weighted by Gasteiger charge is 2.13. The smallest absolute Gasteiger partial charge is 0.465 e. The predicted molar refractivity (Wildman–Crippen MR) is 62.4 cm³/mol. The molecule has 1 aromatic carbocycles. The van der Waals surface area contributed by atoms with E-state index in [1.165, 1.54) is 25.4 Å². The summed E-state index contributed by atoms with van der Waals surface area (Å²) >= 11 is 0. The highest BCUT2D eigenvalue weighted by molar-refractivity contribution is 5.95. The van der Waals surface area contributed by atoms with Crippen LogP contribution in [0.1, 0.15) is 22.1 Å². The molecule has 0 unspecified atom stereocenters. The van der Waals surface area contributed by atoms with E-state index in [9.17, 15) is 9.59 Å². The quantitative estimate of drug-likeness (QED) is 0.832. The van der Waals surface area contributed by atoms with Gasteiger partial charge in [-0.2, -0.15) is 0 Å². The Hall–Kier alpha value is -2.63. The maximum absolute atomic E-state index is 11.7. The minimum absolute atomic E-state index is 0. The minimum Gasteiger partial charge on any atom is -0.465 e. The Balaban J connectivity index is 0.00000180. The first-order valence-electron chi connectivity index (χ1n) is 5.11. The van der Waals surface area contributed by atoms with Gasteiger partial charge in [0.2, 0.25) is 5.88 Å². The van der Waals surface area contributed by atoms with Gasteiger partial charge in [-0.05, 0) is 18.2 Å². The number of benzene rings is 1. The van der Waals surface area contributed by atoms with E-state index in [2.05, 4.69) is 14.9 Å². The topological polar surface area (TPSA) is 81.3 Å². The first-order valence-corrected chi connectivity index (χ1v) is 5.11. The summed E-state index contributed by atoms with van der Waals surface area (Å²) in [7, 11) is 1.27. The number of carbonyl (C=O) groups is 2. The van der Waals surface area contributed by atoms with Crippen molar-refractivity contribution in [3.63, 3.8) is 0 Å². The fourth-order valence-electron chi connectivity index (χ4n) is 1.35. The molecule has 0 spiro atoms. The number of hydrogen-bond acceptors (Lipinski definition) is 5. The van der Waals surface area contributed by atoms with Crippen LogP contribution in [0.5, 0.6) is 5.88 Å². The van der Waals surface area contributed by atoms with Crippen LogP contribution in [0.2, 0.25) is 0 Å². The highest BCUT2D eigenvalue weighted by atomic mass is 16.5. The zero-order valence-electron chi connectivity index (χ0n) is 10.5. The molecule has 0 fully saturated rings. The lowest BCUT2D eigenvalue weighted by atomic mass is 10.1. The van der Waals surface area contributed by atoms with Crippen LogP contribution in [0.15, 0.2) is 36.5 Å². The van der Waals surface area contributed by atoms with E-state index in [0.717, 1.165) is 0 Å². The number of aromatic amines is 1. The average molecular weight is 247 g/mol. The van der Waals surface area contributed by atoms with Crippen molar-refractivity contribution in [2.75, 3.05) is 7.11 Å². The number of aromatic nitrogens is 2. The lowest BCUT2D eigenvalue weighted by Gasteiger charge is -2.03. The standard InChI is InChI=1S/C12H10N2O4/c1-17-11(15)8-3-2-4-9(7-8)12(16)18-10-5-6-13-14-10/h2-7H,1H3,(H,13,14)/p+1. The van der Waals surface area contributed by atoms with Crippen molar-refractivity contribution in [2.45, 2.75) is 0 Å². The summed E-state index contributed by atoms with van der Waals surface area (Å²) in [6.07, 6.45) is 1.54. The Morgan fingerprint density at radius 2 is 1.94 bits per heavy atom. The summed E-state index contributed by atoms with van der Waals surface area (Å²) in [4.78, 5) is 23.1. The van der Waals surface area contributed by atoms with Crippen LogP contribution in [0.4, 0.5) is 0 Å². The lowest BCUT2D eigenvalue weighted by Crippen LogP contribution is -2.10. The van der Waals surface area contributed by atoms with E-state index in [-0.39, 0.29) is 18.4 Å². The second-order valence-corrected chi connectivity index (χ2v) is 3.37. The number of carbonyl (C=O) groups excluding carboxylic acids is 2. The average Bonchev–Trinajstić information content (AvgIpc) is 2.90. The van der Waals surface area contributed by atoms with Crippen LogP contribution in [0, 0.1) is 0 Å². The van der Waals surface area contributed by atoms with E-state index < -0.39 is 11.9 Å². The van der Waals surface area contributed by atoms with Gasteiger partial charge in [-0.25, -0.2) is 9.59 Å². The third kappa shape index (κ3) is 2.54. The second kappa shape index (κ2) is 5.13. The molecule has 0 saturated heterocycles. The van der Waals surface area contributed by atoms with Crippen LogP contribution < -0.4 is 4.74 Å². The van der Waals surface area contributed by atoms with E-state index in [1.807, 2.05) is 0 Å². The molecular formula is C12H11N2O4+. The summed E-state index contributed by atoms with van der Waals surface area (Å²) in [5, 5.41) is 6.22. The number of ether oxygens (including phenoxy) is 2. The van der Waals surface area contributed by atoms with Crippen molar-refractivity contribution in [3.05, 3.63) is 47.7 Å². The van der Waals surface area contributed by atoms with E-state index in [4.69, 9.17) is 4.74 Å². The van der Waals surface area contributed by atoms with Crippen LogP contribution in [-0.2, 0) is 4.74 Å². The molecule has 0 aliphatic heterocycles. The van der Waals surface area contributed by atoms with Gasteiger partial charge in [0.15, 0.2) is 0 Å². The fraction of sp³-hybridized carbons (Fsp3) is 0.0833. The van der Waals surface area contributed by atoms with Crippen molar-refractivity contribution in [2.24, 2.45) is 0 Å².